The zero-order valence-electron chi connectivity index (χ0n) is 11.8. The predicted molar refractivity (Wildman–Crippen MR) is 71.5 cm³/mol. The van der Waals surface area contributed by atoms with Crippen molar-refractivity contribution in [3.05, 3.63) is 10.4 Å². The van der Waals surface area contributed by atoms with Crippen LogP contribution in [0.1, 0.15) is 40.0 Å². The van der Waals surface area contributed by atoms with Crippen LogP contribution in [-0.4, -0.2) is 24.8 Å². The van der Waals surface area contributed by atoms with Gasteiger partial charge in [0.2, 0.25) is 0 Å². The van der Waals surface area contributed by atoms with Crippen LogP contribution in [0, 0.1) is 17.3 Å². The Morgan fingerprint density at radius 1 is 1.53 bits per heavy atom. The van der Waals surface area contributed by atoms with Gasteiger partial charge in [0, 0.05) is 18.0 Å². The highest BCUT2D eigenvalue weighted by molar-refractivity contribution is 5.67. The van der Waals surface area contributed by atoms with Gasteiger partial charge >= 0.3 is 6.09 Å². The largest absolute Gasteiger partial charge is 0.444 e. The summed E-state index contributed by atoms with van der Waals surface area (Å²) in [7, 11) is 0. The van der Waals surface area contributed by atoms with Crippen molar-refractivity contribution in [2.75, 3.05) is 13.1 Å². The molecule has 2 bridgehead atoms. The molecule has 0 radical (unpaired) electrons. The van der Waals surface area contributed by atoms with Gasteiger partial charge in [0.15, 0.2) is 0 Å². The second kappa shape index (κ2) is 4.93. The number of carbonyl (C=O) groups is 1. The average Bonchev–Trinajstić information content (AvgIpc) is 2.74. The summed E-state index contributed by atoms with van der Waals surface area (Å²) in [6.07, 6.45) is 3.02. The van der Waals surface area contributed by atoms with Crippen LogP contribution in [0.4, 0.5) is 4.79 Å². The average molecular weight is 266 g/mol. The maximum absolute atomic E-state index is 11.6. The molecule has 1 N–H and O–H groups in total. The highest BCUT2D eigenvalue weighted by atomic mass is 16.6. The van der Waals surface area contributed by atoms with Crippen LogP contribution in [0.15, 0.2) is 5.11 Å². The molecule has 0 aromatic carbocycles. The summed E-state index contributed by atoms with van der Waals surface area (Å²) in [5.74, 6) is 1.16. The quantitative estimate of drug-likeness (QED) is 0.481. The maximum atomic E-state index is 11.6. The van der Waals surface area contributed by atoms with Gasteiger partial charge in [-0.2, -0.15) is 0 Å². The summed E-state index contributed by atoms with van der Waals surface area (Å²) in [5.41, 5.74) is 8.12. The Balaban J connectivity index is 1.83. The number of alkyl carbamates (subject to hydrolysis) is 1. The molecular formula is C13H22N4O2. The van der Waals surface area contributed by atoms with Crippen LogP contribution in [-0.2, 0) is 4.74 Å². The molecule has 3 rings (SSSR count). The van der Waals surface area contributed by atoms with E-state index in [-0.39, 0.29) is 11.5 Å². The molecular weight excluding hydrogens is 244 g/mol. The Morgan fingerprint density at radius 3 is 2.79 bits per heavy atom. The normalized spacial score (nSPS) is 32.2. The lowest BCUT2D eigenvalue weighted by molar-refractivity contribution is 0.0495. The molecule has 1 unspecified atom stereocenters. The lowest BCUT2D eigenvalue weighted by atomic mass is 9.67. The van der Waals surface area contributed by atoms with Crippen LogP contribution < -0.4 is 5.32 Å². The number of ether oxygens (including phenoxy) is 1. The van der Waals surface area contributed by atoms with E-state index in [2.05, 4.69) is 15.3 Å². The molecule has 1 amide bonds. The van der Waals surface area contributed by atoms with Crippen molar-refractivity contribution in [3.8, 4) is 0 Å². The summed E-state index contributed by atoms with van der Waals surface area (Å²) in [5, 5.41) is 6.58. The van der Waals surface area contributed by atoms with Gasteiger partial charge in [-0.25, -0.2) is 4.79 Å². The second-order valence-corrected chi connectivity index (χ2v) is 6.84. The Morgan fingerprint density at radius 2 is 2.21 bits per heavy atom. The van der Waals surface area contributed by atoms with E-state index < -0.39 is 5.60 Å². The number of carbonyl (C=O) groups excluding carboxylic acids is 1. The number of rotatable bonds is 4. The van der Waals surface area contributed by atoms with Crippen molar-refractivity contribution in [2.24, 2.45) is 22.4 Å². The number of amides is 1. The molecule has 6 heteroatoms. The molecule has 0 aliphatic heterocycles. The first-order valence-corrected chi connectivity index (χ1v) is 6.82. The Hall–Kier alpha value is -1.42. The van der Waals surface area contributed by atoms with E-state index in [9.17, 15) is 4.79 Å². The molecule has 3 saturated carbocycles. The highest BCUT2D eigenvalue weighted by Crippen LogP contribution is 2.62. The zero-order valence-corrected chi connectivity index (χ0v) is 11.8. The summed E-state index contributed by atoms with van der Waals surface area (Å²) in [6, 6.07) is 0. The van der Waals surface area contributed by atoms with Gasteiger partial charge < -0.3 is 10.1 Å². The molecule has 0 aromatic rings. The van der Waals surface area contributed by atoms with Gasteiger partial charge in [0.05, 0.1) is 0 Å². The Labute approximate surface area is 113 Å². The topological polar surface area (TPSA) is 87.1 Å². The highest BCUT2D eigenvalue weighted by Gasteiger charge is 2.56. The second-order valence-electron chi connectivity index (χ2n) is 6.84. The van der Waals surface area contributed by atoms with E-state index in [0.29, 0.717) is 19.0 Å². The number of hydrogen-bond acceptors (Lipinski definition) is 3. The van der Waals surface area contributed by atoms with Gasteiger partial charge in [-0.1, -0.05) is 5.11 Å². The van der Waals surface area contributed by atoms with E-state index in [1.165, 1.54) is 0 Å². The fourth-order valence-electron chi connectivity index (χ4n) is 3.49. The fourth-order valence-corrected chi connectivity index (χ4v) is 3.49. The minimum Gasteiger partial charge on any atom is -0.444 e. The molecule has 0 saturated heterocycles. The molecule has 0 spiro atoms. The van der Waals surface area contributed by atoms with Crippen LogP contribution in [0.2, 0.25) is 0 Å². The molecule has 6 nitrogen and oxygen atoms in total. The van der Waals surface area contributed by atoms with Crippen molar-refractivity contribution >= 4 is 6.09 Å². The number of nitrogens with zero attached hydrogens (tertiary/aromatic N) is 3. The summed E-state index contributed by atoms with van der Waals surface area (Å²) in [6.45, 7) is 6.72. The zero-order chi connectivity index (χ0) is 14.1. The predicted octanol–water partition coefficient (Wildman–Crippen LogP) is 3.24. The smallest absolute Gasteiger partial charge is 0.407 e. The van der Waals surface area contributed by atoms with E-state index in [4.69, 9.17) is 10.3 Å². The molecule has 3 aliphatic carbocycles. The van der Waals surface area contributed by atoms with E-state index in [1.807, 2.05) is 20.8 Å². The first-order chi connectivity index (χ1) is 8.85. The van der Waals surface area contributed by atoms with Crippen molar-refractivity contribution in [2.45, 2.75) is 45.6 Å². The summed E-state index contributed by atoms with van der Waals surface area (Å²) in [4.78, 5) is 14.5. The minimum absolute atomic E-state index is 0.131. The molecule has 0 heterocycles. The minimum atomic E-state index is -0.468. The van der Waals surface area contributed by atoms with Crippen molar-refractivity contribution in [3.63, 3.8) is 0 Å². The number of nitrogens with one attached hydrogen (secondary N) is 1. The molecule has 0 aromatic heterocycles. The van der Waals surface area contributed by atoms with Crippen LogP contribution in [0.25, 0.3) is 10.4 Å². The Bertz CT molecular complexity index is 403. The van der Waals surface area contributed by atoms with Crippen LogP contribution in [0.5, 0.6) is 0 Å². The first kappa shape index (κ1) is 14.0. The third kappa shape index (κ3) is 3.13. The van der Waals surface area contributed by atoms with Gasteiger partial charge in [0.25, 0.3) is 0 Å². The molecule has 1 atom stereocenters. The molecule has 106 valence electrons. The lowest BCUT2D eigenvalue weighted by Crippen LogP contribution is -2.41. The Kier molecular flexibility index (Phi) is 3.63. The third-order valence-electron chi connectivity index (χ3n) is 4.21. The third-order valence-corrected chi connectivity index (χ3v) is 4.21. The van der Waals surface area contributed by atoms with Crippen LogP contribution >= 0.6 is 0 Å². The van der Waals surface area contributed by atoms with Gasteiger partial charge in [-0.05, 0) is 62.8 Å². The number of fused-ring (bicyclic) bond motifs is 1. The summed E-state index contributed by atoms with van der Waals surface area (Å²) < 4.78 is 5.23. The van der Waals surface area contributed by atoms with Crippen LogP contribution in [0.3, 0.4) is 0 Å². The van der Waals surface area contributed by atoms with Gasteiger partial charge in [-0.3, -0.25) is 0 Å². The molecule has 19 heavy (non-hydrogen) atoms. The fraction of sp³-hybridized carbons (Fsp3) is 0.923. The first-order valence-electron chi connectivity index (χ1n) is 6.82. The van der Waals surface area contributed by atoms with Gasteiger partial charge in [-0.15, -0.1) is 0 Å². The monoisotopic (exact) mass is 266 g/mol. The lowest BCUT2D eigenvalue weighted by Gasteiger charge is -2.40. The summed E-state index contributed by atoms with van der Waals surface area (Å²) >= 11 is 0. The number of hydrogen-bond donors (Lipinski definition) is 1. The van der Waals surface area contributed by atoms with E-state index >= 15 is 0 Å². The van der Waals surface area contributed by atoms with E-state index in [1.54, 1.807) is 0 Å². The van der Waals surface area contributed by atoms with E-state index in [0.717, 1.165) is 25.2 Å². The van der Waals surface area contributed by atoms with Crippen molar-refractivity contribution in [1.82, 2.24) is 5.32 Å². The van der Waals surface area contributed by atoms with Crippen molar-refractivity contribution < 1.29 is 9.53 Å². The van der Waals surface area contributed by atoms with Gasteiger partial charge in [0.1, 0.15) is 5.60 Å². The number of azide groups is 1. The molecule has 3 fully saturated rings. The maximum Gasteiger partial charge on any atom is 0.407 e. The molecule has 3 aliphatic rings. The standard InChI is InChI=1S/C13H22N4O2/c1-12(2,3)19-11(18)15-7-10-4-9-5-13(10,6-9)8-16-17-14/h9-10H,4-8H2,1-3H3,(H,15,18). The SMILES string of the molecule is CC(C)(C)OC(=O)NCC1CC2CC1(CN=[N+]=[N-])C2. The van der Waals surface area contributed by atoms with Crippen molar-refractivity contribution in [1.29, 1.82) is 0 Å².